The van der Waals surface area contributed by atoms with E-state index in [0.717, 1.165) is 30.7 Å². The first kappa shape index (κ1) is 9.40. The van der Waals surface area contributed by atoms with Gasteiger partial charge in [0, 0.05) is 3.57 Å². The summed E-state index contributed by atoms with van der Waals surface area (Å²) < 4.78 is 1.20. The lowest BCUT2D eigenvalue weighted by molar-refractivity contribution is 0.151. The first-order valence-electron chi connectivity index (χ1n) is 4.52. The maximum atomic E-state index is 9.71. The zero-order valence-electron chi connectivity index (χ0n) is 7.55. The van der Waals surface area contributed by atoms with Gasteiger partial charge in [0.2, 0.25) is 0 Å². The Kier molecular flexibility index (Phi) is 2.55. The van der Waals surface area contributed by atoms with Crippen molar-refractivity contribution >= 4 is 22.6 Å². The lowest BCUT2D eigenvalue weighted by Crippen LogP contribution is -2.12. The van der Waals surface area contributed by atoms with Crippen LogP contribution in [0.3, 0.4) is 0 Å². The summed E-state index contributed by atoms with van der Waals surface area (Å²) in [5.74, 6) is 0. The van der Waals surface area contributed by atoms with Gasteiger partial charge < -0.3 is 5.11 Å². The number of pyridine rings is 1. The molecule has 70 valence electrons. The molecular formula is C10H12INO. The highest BCUT2D eigenvalue weighted by Gasteiger charge is 2.20. The summed E-state index contributed by atoms with van der Waals surface area (Å²) >= 11 is 2.29. The van der Waals surface area contributed by atoms with Crippen molar-refractivity contribution in [2.75, 3.05) is 0 Å². The van der Waals surface area contributed by atoms with E-state index in [4.69, 9.17) is 0 Å². The summed E-state index contributed by atoms with van der Waals surface area (Å²) in [6, 6.07) is 2.15. The quantitative estimate of drug-likeness (QED) is 0.744. The number of hydrogen-bond donors (Lipinski definition) is 1. The Morgan fingerprint density at radius 1 is 1.62 bits per heavy atom. The zero-order chi connectivity index (χ0) is 9.42. The van der Waals surface area contributed by atoms with E-state index in [2.05, 4.69) is 33.6 Å². The molecule has 0 aliphatic heterocycles. The first-order valence-corrected chi connectivity index (χ1v) is 5.60. The fraction of sp³-hybridized carbons (Fsp3) is 0.500. The first-order chi connectivity index (χ1) is 6.18. The Labute approximate surface area is 91.5 Å². The Morgan fingerprint density at radius 3 is 3.15 bits per heavy atom. The molecule has 0 fully saturated rings. The minimum Gasteiger partial charge on any atom is -0.387 e. The third-order valence-electron chi connectivity index (χ3n) is 2.50. The lowest BCUT2D eigenvalue weighted by Gasteiger charge is -2.20. The summed E-state index contributed by atoms with van der Waals surface area (Å²) in [5.41, 5.74) is 3.17. The molecule has 3 heteroatoms. The van der Waals surface area contributed by atoms with E-state index in [-0.39, 0.29) is 6.10 Å². The second-order valence-corrected chi connectivity index (χ2v) is 4.67. The van der Waals surface area contributed by atoms with E-state index in [1.54, 1.807) is 0 Å². The van der Waals surface area contributed by atoms with Crippen LogP contribution in [0.5, 0.6) is 0 Å². The fourth-order valence-electron chi connectivity index (χ4n) is 1.75. The molecule has 1 aromatic heterocycles. The zero-order valence-corrected chi connectivity index (χ0v) is 9.71. The van der Waals surface area contributed by atoms with Crippen molar-refractivity contribution in [1.29, 1.82) is 0 Å². The van der Waals surface area contributed by atoms with Gasteiger partial charge in [-0.15, -0.1) is 0 Å². The number of halogens is 1. The average molecular weight is 289 g/mol. The highest BCUT2D eigenvalue weighted by atomic mass is 127. The molecule has 0 saturated carbocycles. The van der Waals surface area contributed by atoms with Crippen molar-refractivity contribution in [3.05, 3.63) is 26.6 Å². The van der Waals surface area contributed by atoms with Gasteiger partial charge in [-0.25, -0.2) is 0 Å². The van der Waals surface area contributed by atoms with Crippen LogP contribution in [0.25, 0.3) is 0 Å². The maximum Gasteiger partial charge on any atom is 0.0962 e. The molecule has 0 saturated heterocycles. The van der Waals surface area contributed by atoms with Crippen LogP contribution in [0.1, 0.15) is 35.9 Å². The molecule has 0 radical (unpaired) electrons. The predicted octanol–water partition coefficient (Wildman–Crippen LogP) is 2.36. The Bertz CT molecular complexity index is 338. The SMILES string of the molecule is Cc1nc2c(cc1I)CCCC2O. The van der Waals surface area contributed by atoms with Gasteiger partial charge in [-0.3, -0.25) is 4.98 Å². The summed E-state index contributed by atoms with van der Waals surface area (Å²) in [6.45, 7) is 1.99. The topological polar surface area (TPSA) is 33.1 Å². The lowest BCUT2D eigenvalue weighted by atomic mass is 9.93. The van der Waals surface area contributed by atoms with Gasteiger partial charge in [0.1, 0.15) is 0 Å². The molecule has 0 aromatic carbocycles. The minimum atomic E-state index is -0.334. The Hall–Kier alpha value is -0.160. The van der Waals surface area contributed by atoms with E-state index in [1.807, 2.05) is 6.92 Å². The highest BCUT2D eigenvalue weighted by molar-refractivity contribution is 14.1. The second kappa shape index (κ2) is 3.53. The molecule has 1 aromatic rings. The molecule has 1 atom stereocenters. The smallest absolute Gasteiger partial charge is 0.0962 e. The van der Waals surface area contributed by atoms with E-state index >= 15 is 0 Å². The molecule has 1 aliphatic rings. The molecule has 0 bridgehead atoms. The maximum absolute atomic E-state index is 9.71. The largest absolute Gasteiger partial charge is 0.387 e. The number of fused-ring (bicyclic) bond motifs is 1. The molecule has 0 spiro atoms. The monoisotopic (exact) mass is 289 g/mol. The van der Waals surface area contributed by atoms with Gasteiger partial charge in [-0.05, 0) is 60.4 Å². The molecule has 2 nitrogen and oxygen atoms in total. The Morgan fingerprint density at radius 2 is 2.38 bits per heavy atom. The number of hydrogen-bond acceptors (Lipinski definition) is 2. The number of aliphatic hydroxyl groups is 1. The number of nitrogens with zero attached hydrogens (tertiary/aromatic N) is 1. The van der Waals surface area contributed by atoms with Crippen molar-refractivity contribution in [3.8, 4) is 0 Å². The van der Waals surface area contributed by atoms with Crippen LogP contribution in [0.4, 0.5) is 0 Å². The molecule has 13 heavy (non-hydrogen) atoms. The Balaban J connectivity index is 2.52. The van der Waals surface area contributed by atoms with Crippen LogP contribution in [-0.4, -0.2) is 10.1 Å². The molecule has 2 rings (SSSR count). The van der Waals surface area contributed by atoms with Gasteiger partial charge in [-0.1, -0.05) is 0 Å². The fourth-order valence-corrected chi connectivity index (χ4v) is 2.25. The van der Waals surface area contributed by atoms with Crippen molar-refractivity contribution in [2.45, 2.75) is 32.3 Å². The molecule has 0 amide bonds. The standard InChI is InChI=1S/C10H12INO/c1-6-8(11)5-7-3-2-4-9(13)10(7)12-6/h5,9,13H,2-4H2,1H3. The molecule has 1 unspecified atom stereocenters. The van der Waals surface area contributed by atoms with Crippen LogP contribution >= 0.6 is 22.6 Å². The minimum absolute atomic E-state index is 0.334. The highest BCUT2D eigenvalue weighted by Crippen LogP contribution is 2.29. The third-order valence-corrected chi connectivity index (χ3v) is 3.60. The normalized spacial score (nSPS) is 21.3. The summed E-state index contributed by atoms with van der Waals surface area (Å²) in [4.78, 5) is 4.44. The van der Waals surface area contributed by atoms with Gasteiger partial charge >= 0.3 is 0 Å². The van der Waals surface area contributed by atoms with Gasteiger partial charge in [0.15, 0.2) is 0 Å². The average Bonchev–Trinajstić information content (AvgIpc) is 2.09. The van der Waals surface area contributed by atoms with Gasteiger partial charge in [-0.2, -0.15) is 0 Å². The van der Waals surface area contributed by atoms with Crippen LogP contribution in [0, 0.1) is 10.5 Å². The molecular weight excluding hydrogens is 277 g/mol. The summed E-state index contributed by atoms with van der Waals surface area (Å²) in [7, 11) is 0. The molecule has 1 N–H and O–H groups in total. The van der Waals surface area contributed by atoms with Crippen molar-refractivity contribution in [2.24, 2.45) is 0 Å². The molecule has 1 aliphatic carbocycles. The van der Waals surface area contributed by atoms with E-state index in [1.165, 1.54) is 9.13 Å². The predicted molar refractivity (Wildman–Crippen MR) is 59.6 cm³/mol. The van der Waals surface area contributed by atoms with Gasteiger partial charge in [0.25, 0.3) is 0 Å². The molecule has 1 heterocycles. The number of aliphatic hydroxyl groups excluding tert-OH is 1. The second-order valence-electron chi connectivity index (χ2n) is 3.51. The van der Waals surface area contributed by atoms with Crippen molar-refractivity contribution in [1.82, 2.24) is 4.98 Å². The van der Waals surface area contributed by atoms with E-state index < -0.39 is 0 Å². The number of aromatic nitrogens is 1. The van der Waals surface area contributed by atoms with Crippen LogP contribution in [0.15, 0.2) is 6.07 Å². The van der Waals surface area contributed by atoms with Gasteiger partial charge in [0.05, 0.1) is 17.5 Å². The van der Waals surface area contributed by atoms with Crippen molar-refractivity contribution < 1.29 is 5.11 Å². The number of aryl methyl sites for hydroxylation is 2. The van der Waals surface area contributed by atoms with Crippen molar-refractivity contribution in [3.63, 3.8) is 0 Å². The van der Waals surface area contributed by atoms with E-state index in [9.17, 15) is 5.11 Å². The number of rotatable bonds is 0. The van der Waals surface area contributed by atoms with Crippen LogP contribution in [0.2, 0.25) is 0 Å². The van der Waals surface area contributed by atoms with Crippen LogP contribution in [-0.2, 0) is 6.42 Å². The third kappa shape index (κ3) is 1.72. The van der Waals surface area contributed by atoms with E-state index in [0.29, 0.717) is 0 Å². The summed E-state index contributed by atoms with van der Waals surface area (Å²) in [5, 5.41) is 9.71. The van der Waals surface area contributed by atoms with Crippen LogP contribution < -0.4 is 0 Å². The summed E-state index contributed by atoms with van der Waals surface area (Å²) in [6.07, 6.45) is 2.67.